The van der Waals surface area contributed by atoms with Crippen LogP contribution >= 0.6 is 23.4 Å². The molecular formula is C12H16ClNS. The number of hydrogen-bond donors (Lipinski definition) is 1. The Morgan fingerprint density at radius 1 is 1.47 bits per heavy atom. The fourth-order valence-electron chi connectivity index (χ4n) is 1.82. The molecule has 0 aromatic heterocycles. The molecule has 1 aromatic rings. The van der Waals surface area contributed by atoms with Crippen LogP contribution in [0.3, 0.4) is 0 Å². The van der Waals surface area contributed by atoms with Crippen molar-refractivity contribution in [2.24, 2.45) is 0 Å². The van der Waals surface area contributed by atoms with Gasteiger partial charge >= 0.3 is 0 Å². The first-order chi connectivity index (χ1) is 7.16. The molecule has 3 heteroatoms. The van der Waals surface area contributed by atoms with E-state index in [0.717, 1.165) is 16.3 Å². The van der Waals surface area contributed by atoms with E-state index < -0.39 is 0 Å². The second-order valence-corrected chi connectivity index (χ2v) is 5.97. The maximum absolute atomic E-state index is 6.09. The Morgan fingerprint density at radius 2 is 2.27 bits per heavy atom. The van der Waals surface area contributed by atoms with Crippen LogP contribution in [0.2, 0.25) is 5.02 Å². The first-order valence-corrected chi connectivity index (χ1v) is 6.74. The van der Waals surface area contributed by atoms with Crippen molar-refractivity contribution in [3.05, 3.63) is 28.8 Å². The van der Waals surface area contributed by atoms with Crippen LogP contribution in [0, 0.1) is 6.92 Å². The number of nitrogens with one attached hydrogen (secondary N) is 1. The third-order valence-electron chi connectivity index (χ3n) is 2.90. The van der Waals surface area contributed by atoms with Gasteiger partial charge in [0.1, 0.15) is 0 Å². The number of hydrogen-bond acceptors (Lipinski definition) is 2. The number of benzene rings is 1. The number of aryl methyl sites for hydroxylation is 1. The first-order valence-electron chi connectivity index (χ1n) is 5.31. The van der Waals surface area contributed by atoms with Gasteiger partial charge in [0.25, 0.3) is 0 Å². The van der Waals surface area contributed by atoms with Gasteiger partial charge in [-0.25, -0.2) is 0 Å². The number of rotatable bonds is 2. The van der Waals surface area contributed by atoms with Gasteiger partial charge in [-0.3, -0.25) is 0 Å². The zero-order chi connectivity index (χ0) is 10.8. The van der Waals surface area contributed by atoms with Gasteiger partial charge in [0.15, 0.2) is 0 Å². The summed E-state index contributed by atoms with van der Waals surface area (Å²) >= 11 is 8.13. The lowest BCUT2D eigenvalue weighted by Gasteiger charge is -2.18. The van der Waals surface area contributed by atoms with E-state index in [9.17, 15) is 0 Å². The van der Waals surface area contributed by atoms with Crippen molar-refractivity contribution in [3.63, 3.8) is 0 Å². The molecule has 1 N–H and O–H groups in total. The summed E-state index contributed by atoms with van der Waals surface area (Å²) in [6.45, 7) is 4.31. The molecule has 0 radical (unpaired) electrons. The Bertz CT molecular complexity index is 353. The topological polar surface area (TPSA) is 12.0 Å². The third kappa shape index (κ3) is 2.61. The lowest BCUT2D eigenvalue weighted by Crippen LogP contribution is -2.24. The fraction of sp³-hybridized carbons (Fsp3) is 0.500. The van der Waals surface area contributed by atoms with Crippen molar-refractivity contribution >= 4 is 29.1 Å². The summed E-state index contributed by atoms with van der Waals surface area (Å²) in [7, 11) is 0. The quantitative estimate of drug-likeness (QED) is 0.842. The summed E-state index contributed by atoms with van der Waals surface area (Å²) in [5.74, 6) is 1.26. The Morgan fingerprint density at radius 3 is 2.87 bits per heavy atom. The summed E-state index contributed by atoms with van der Waals surface area (Å²) in [6, 6.07) is 6.79. The normalized spacial score (nSPS) is 25.5. The second kappa shape index (κ2) is 4.67. The van der Waals surface area contributed by atoms with Gasteiger partial charge < -0.3 is 5.32 Å². The molecule has 0 aliphatic carbocycles. The van der Waals surface area contributed by atoms with Crippen LogP contribution in [0.5, 0.6) is 0 Å². The van der Waals surface area contributed by atoms with Crippen molar-refractivity contribution in [3.8, 4) is 0 Å². The van der Waals surface area contributed by atoms with Crippen molar-refractivity contribution in [1.82, 2.24) is 0 Å². The molecule has 0 amide bonds. The van der Waals surface area contributed by atoms with E-state index in [4.69, 9.17) is 11.6 Å². The molecule has 1 aliphatic heterocycles. The van der Waals surface area contributed by atoms with Crippen molar-refractivity contribution in [1.29, 1.82) is 0 Å². The van der Waals surface area contributed by atoms with Gasteiger partial charge in [-0.05, 0) is 36.8 Å². The average molecular weight is 242 g/mol. The Balaban J connectivity index is 2.07. The minimum atomic E-state index is 0.591. The first kappa shape index (κ1) is 11.2. The SMILES string of the molecule is Cc1ccc(NC2CCSC2C)cc1Cl. The Kier molecular flexibility index (Phi) is 3.47. The Hall–Kier alpha value is -0.340. The fourth-order valence-corrected chi connectivity index (χ4v) is 3.20. The average Bonchev–Trinajstić information content (AvgIpc) is 2.59. The molecule has 2 rings (SSSR count). The third-order valence-corrected chi connectivity index (χ3v) is 4.63. The molecule has 1 saturated heterocycles. The van der Waals surface area contributed by atoms with E-state index in [1.54, 1.807) is 0 Å². The largest absolute Gasteiger partial charge is 0.381 e. The summed E-state index contributed by atoms with van der Waals surface area (Å²) in [5.41, 5.74) is 2.28. The van der Waals surface area contributed by atoms with E-state index >= 15 is 0 Å². The molecule has 1 nitrogen and oxygen atoms in total. The summed E-state index contributed by atoms with van der Waals surface area (Å²) in [6.07, 6.45) is 1.25. The molecule has 15 heavy (non-hydrogen) atoms. The van der Waals surface area contributed by atoms with Gasteiger partial charge in [-0.1, -0.05) is 24.6 Å². The highest BCUT2D eigenvalue weighted by molar-refractivity contribution is 8.00. The zero-order valence-corrected chi connectivity index (χ0v) is 10.7. The molecule has 1 aliphatic rings. The maximum Gasteiger partial charge on any atom is 0.0455 e. The van der Waals surface area contributed by atoms with E-state index in [1.165, 1.54) is 12.2 Å². The second-order valence-electron chi connectivity index (χ2n) is 4.08. The molecule has 1 heterocycles. The van der Waals surface area contributed by atoms with Crippen LogP contribution in [-0.2, 0) is 0 Å². The minimum absolute atomic E-state index is 0.591. The predicted molar refractivity (Wildman–Crippen MR) is 70.1 cm³/mol. The van der Waals surface area contributed by atoms with Crippen LogP contribution in [0.15, 0.2) is 18.2 Å². The van der Waals surface area contributed by atoms with E-state index in [1.807, 2.05) is 24.8 Å². The van der Waals surface area contributed by atoms with Gasteiger partial charge in [-0.2, -0.15) is 11.8 Å². The highest BCUT2D eigenvalue weighted by Crippen LogP contribution is 2.29. The van der Waals surface area contributed by atoms with Gasteiger partial charge in [-0.15, -0.1) is 0 Å². The van der Waals surface area contributed by atoms with E-state index in [-0.39, 0.29) is 0 Å². The van der Waals surface area contributed by atoms with Gasteiger partial charge in [0.2, 0.25) is 0 Å². The molecule has 1 aromatic carbocycles. The molecule has 0 bridgehead atoms. The van der Waals surface area contributed by atoms with Crippen molar-refractivity contribution in [2.75, 3.05) is 11.1 Å². The molecule has 2 atom stereocenters. The van der Waals surface area contributed by atoms with E-state index in [2.05, 4.69) is 24.4 Å². The standard InChI is InChI=1S/C12H16ClNS/c1-8-3-4-10(7-11(8)13)14-12-5-6-15-9(12)2/h3-4,7,9,12,14H,5-6H2,1-2H3. The van der Waals surface area contributed by atoms with Crippen LogP contribution in [-0.4, -0.2) is 17.0 Å². The minimum Gasteiger partial charge on any atom is -0.381 e. The lowest BCUT2D eigenvalue weighted by atomic mass is 10.1. The van der Waals surface area contributed by atoms with E-state index in [0.29, 0.717) is 11.3 Å². The number of anilines is 1. The molecular weight excluding hydrogens is 226 g/mol. The summed E-state index contributed by atoms with van der Waals surface area (Å²) < 4.78 is 0. The van der Waals surface area contributed by atoms with Gasteiger partial charge in [0, 0.05) is 22.0 Å². The zero-order valence-electron chi connectivity index (χ0n) is 9.09. The van der Waals surface area contributed by atoms with Crippen LogP contribution in [0.1, 0.15) is 18.9 Å². The highest BCUT2D eigenvalue weighted by Gasteiger charge is 2.23. The maximum atomic E-state index is 6.09. The smallest absolute Gasteiger partial charge is 0.0455 e. The molecule has 82 valence electrons. The highest BCUT2D eigenvalue weighted by atomic mass is 35.5. The lowest BCUT2D eigenvalue weighted by molar-refractivity contribution is 0.724. The summed E-state index contributed by atoms with van der Waals surface area (Å²) in [4.78, 5) is 0. The number of halogens is 1. The van der Waals surface area contributed by atoms with Crippen LogP contribution in [0.4, 0.5) is 5.69 Å². The predicted octanol–water partition coefficient (Wildman–Crippen LogP) is 3.95. The molecule has 0 saturated carbocycles. The monoisotopic (exact) mass is 241 g/mol. The summed E-state index contributed by atoms with van der Waals surface area (Å²) in [5, 5.41) is 5.10. The van der Waals surface area contributed by atoms with Gasteiger partial charge in [0.05, 0.1) is 0 Å². The molecule has 2 unspecified atom stereocenters. The molecule has 1 fully saturated rings. The van der Waals surface area contributed by atoms with Crippen LogP contribution in [0.25, 0.3) is 0 Å². The van der Waals surface area contributed by atoms with Crippen molar-refractivity contribution < 1.29 is 0 Å². The van der Waals surface area contributed by atoms with Crippen molar-refractivity contribution in [2.45, 2.75) is 31.6 Å². The molecule has 0 spiro atoms. The Labute approximate surface area is 101 Å². The van der Waals surface area contributed by atoms with Crippen LogP contribution < -0.4 is 5.32 Å². The number of thioether (sulfide) groups is 1.